The lowest BCUT2D eigenvalue weighted by molar-refractivity contribution is 0.894. The van der Waals surface area contributed by atoms with Crippen molar-refractivity contribution in [2.75, 3.05) is 6.54 Å². The van der Waals surface area contributed by atoms with E-state index in [0.717, 1.165) is 46.8 Å². The molecule has 0 saturated heterocycles. The maximum atomic E-state index is 8.43. The third-order valence-electron chi connectivity index (χ3n) is 4.45. The van der Waals surface area contributed by atoms with Crippen molar-refractivity contribution in [2.24, 2.45) is 5.11 Å². The van der Waals surface area contributed by atoms with Gasteiger partial charge in [0.1, 0.15) is 11.3 Å². The van der Waals surface area contributed by atoms with Crippen LogP contribution in [0.4, 0.5) is 0 Å². The zero-order chi connectivity index (χ0) is 18.0. The molecule has 0 fully saturated rings. The number of fused-ring (bicyclic) bond motifs is 1. The summed E-state index contributed by atoms with van der Waals surface area (Å²) in [6.07, 6.45) is 1.59. The van der Waals surface area contributed by atoms with Crippen LogP contribution < -0.4 is 0 Å². The van der Waals surface area contributed by atoms with Gasteiger partial charge in [0.15, 0.2) is 5.65 Å². The number of benzene rings is 1. The molecular weight excluding hydrogens is 312 g/mol. The second-order valence-corrected chi connectivity index (χ2v) is 6.29. The summed E-state index contributed by atoms with van der Waals surface area (Å²) >= 11 is 0. The highest BCUT2D eigenvalue weighted by Crippen LogP contribution is 2.25. The third-order valence-corrected chi connectivity index (χ3v) is 4.45. The standard InChI is InChI=1S/C19H22N6/c1-5-17-23-18-13(3)10-14(4)22-19(18)25(17)16-7-6-15(12(2)11-16)8-9-21-24-20/h6-7,10-11H,5,8-9H2,1-4H3. The molecule has 0 spiro atoms. The summed E-state index contributed by atoms with van der Waals surface area (Å²) in [5, 5.41) is 3.62. The molecular formula is C19H22N6. The number of rotatable bonds is 5. The lowest BCUT2D eigenvalue weighted by Crippen LogP contribution is -2.03. The second kappa shape index (κ2) is 6.95. The molecule has 0 aliphatic rings. The number of hydrogen-bond acceptors (Lipinski definition) is 3. The van der Waals surface area contributed by atoms with E-state index in [9.17, 15) is 0 Å². The van der Waals surface area contributed by atoms with Crippen molar-refractivity contribution in [3.63, 3.8) is 0 Å². The molecule has 128 valence electrons. The van der Waals surface area contributed by atoms with Crippen molar-refractivity contribution in [1.82, 2.24) is 14.5 Å². The molecule has 0 aliphatic carbocycles. The predicted molar refractivity (Wildman–Crippen MR) is 100 cm³/mol. The van der Waals surface area contributed by atoms with Gasteiger partial charge in [-0.25, -0.2) is 9.97 Å². The molecule has 1 aromatic carbocycles. The van der Waals surface area contributed by atoms with Crippen LogP contribution in [-0.4, -0.2) is 21.1 Å². The maximum Gasteiger partial charge on any atom is 0.165 e. The molecule has 0 bridgehead atoms. The van der Waals surface area contributed by atoms with Crippen LogP contribution in [0.25, 0.3) is 27.3 Å². The van der Waals surface area contributed by atoms with E-state index in [4.69, 9.17) is 15.5 Å². The Kier molecular flexibility index (Phi) is 4.72. The van der Waals surface area contributed by atoms with Crippen molar-refractivity contribution in [3.05, 3.63) is 62.9 Å². The number of hydrogen-bond donors (Lipinski definition) is 0. The molecule has 25 heavy (non-hydrogen) atoms. The van der Waals surface area contributed by atoms with E-state index < -0.39 is 0 Å². The number of azide groups is 1. The van der Waals surface area contributed by atoms with Crippen LogP contribution in [-0.2, 0) is 12.8 Å². The fraction of sp³-hybridized carbons (Fsp3) is 0.368. The quantitative estimate of drug-likeness (QED) is 0.383. The SMILES string of the molecule is CCc1nc2c(C)cc(C)nc2n1-c1ccc(CCN=[N+]=[N-])c(C)c1. The summed E-state index contributed by atoms with van der Waals surface area (Å²) in [6.45, 7) is 8.77. The van der Waals surface area contributed by atoms with Crippen molar-refractivity contribution < 1.29 is 0 Å². The molecule has 3 rings (SSSR count). The molecule has 6 nitrogen and oxygen atoms in total. The molecule has 6 heteroatoms. The average Bonchev–Trinajstić information content (AvgIpc) is 2.95. The Morgan fingerprint density at radius 2 is 1.92 bits per heavy atom. The molecule has 0 amide bonds. The first kappa shape index (κ1) is 17.0. The van der Waals surface area contributed by atoms with Crippen LogP contribution in [0.1, 0.15) is 35.1 Å². The molecule has 3 aromatic rings. The van der Waals surface area contributed by atoms with Crippen LogP contribution in [0.2, 0.25) is 0 Å². The predicted octanol–water partition coefficient (Wildman–Crippen LogP) is 4.76. The van der Waals surface area contributed by atoms with Gasteiger partial charge in [-0.2, -0.15) is 0 Å². The second-order valence-electron chi connectivity index (χ2n) is 6.29. The molecule has 0 unspecified atom stereocenters. The van der Waals surface area contributed by atoms with Gasteiger partial charge in [-0.15, -0.1) is 0 Å². The zero-order valence-corrected chi connectivity index (χ0v) is 15.1. The first-order valence-electron chi connectivity index (χ1n) is 8.51. The van der Waals surface area contributed by atoms with Crippen molar-refractivity contribution in [2.45, 2.75) is 40.5 Å². The van der Waals surface area contributed by atoms with Crippen LogP contribution >= 0.6 is 0 Å². The lowest BCUT2D eigenvalue weighted by Gasteiger charge is -2.11. The minimum absolute atomic E-state index is 0.477. The summed E-state index contributed by atoms with van der Waals surface area (Å²) in [5.74, 6) is 1.01. The largest absolute Gasteiger partial charge is 0.281 e. The van der Waals surface area contributed by atoms with E-state index in [0.29, 0.717) is 6.54 Å². The Morgan fingerprint density at radius 3 is 2.60 bits per heavy atom. The Morgan fingerprint density at radius 1 is 1.12 bits per heavy atom. The number of aromatic nitrogens is 3. The number of imidazole rings is 1. The first-order chi connectivity index (χ1) is 12.0. The Bertz CT molecular complexity index is 979. The highest BCUT2D eigenvalue weighted by molar-refractivity contribution is 5.78. The molecule has 2 heterocycles. The minimum Gasteiger partial charge on any atom is -0.281 e. The van der Waals surface area contributed by atoms with Gasteiger partial charge in [-0.3, -0.25) is 4.57 Å². The maximum absolute atomic E-state index is 8.43. The molecule has 0 aliphatic heterocycles. The van der Waals surface area contributed by atoms with E-state index in [-0.39, 0.29) is 0 Å². The van der Waals surface area contributed by atoms with Gasteiger partial charge in [0.2, 0.25) is 0 Å². The van der Waals surface area contributed by atoms with E-state index in [1.807, 2.05) is 6.92 Å². The zero-order valence-electron chi connectivity index (χ0n) is 15.1. The van der Waals surface area contributed by atoms with Gasteiger partial charge >= 0.3 is 0 Å². The van der Waals surface area contributed by atoms with E-state index in [1.165, 1.54) is 11.1 Å². The molecule has 0 saturated carbocycles. The van der Waals surface area contributed by atoms with Gasteiger partial charge < -0.3 is 0 Å². The fourth-order valence-electron chi connectivity index (χ4n) is 3.23. The third kappa shape index (κ3) is 3.21. The first-order valence-corrected chi connectivity index (χ1v) is 8.51. The van der Waals surface area contributed by atoms with Crippen molar-refractivity contribution in [1.29, 1.82) is 0 Å². The lowest BCUT2D eigenvalue weighted by atomic mass is 10.0. The van der Waals surface area contributed by atoms with Crippen LogP contribution in [0.3, 0.4) is 0 Å². The summed E-state index contributed by atoms with van der Waals surface area (Å²) < 4.78 is 2.15. The number of nitrogens with zero attached hydrogens (tertiary/aromatic N) is 6. The van der Waals surface area contributed by atoms with Gasteiger partial charge in [0, 0.05) is 29.3 Å². The minimum atomic E-state index is 0.477. The molecule has 0 radical (unpaired) electrons. The van der Waals surface area contributed by atoms with Gasteiger partial charge in [0.25, 0.3) is 0 Å². The van der Waals surface area contributed by atoms with Crippen LogP contribution in [0, 0.1) is 20.8 Å². The number of aryl methyl sites for hydroxylation is 4. The topological polar surface area (TPSA) is 79.5 Å². The highest BCUT2D eigenvalue weighted by atomic mass is 15.1. The average molecular weight is 334 g/mol. The van der Waals surface area contributed by atoms with E-state index >= 15 is 0 Å². The van der Waals surface area contributed by atoms with E-state index in [2.05, 4.69) is 59.6 Å². The molecule has 0 atom stereocenters. The van der Waals surface area contributed by atoms with Crippen LogP contribution in [0.5, 0.6) is 0 Å². The van der Waals surface area contributed by atoms with Gasteiger partial charge in [-0.1, -0.05) is 18.1 Å². The van der Waals surface area contributed by atoms with E-state index in [1.54, 1.807) is 0 Å². The molecule has 2 aromatic heterocycles. The van der Waals surface area contributed by atoms with Crippen molar-refractivity contribution in [3.8, 4) is 5.69 Å². The Hall–Kier alpha value is -2.85. The van der Waals surface area contributed by atoms with Crippen LogP contribution in [0.15, 0.2) is 29.4 Å². The summed E-state index contributed by atoms with van der Waals surface area (Å²) in [7, 11) is 0. The van der Waals surface area contributed by atoms with Gasteiger partial charge in [-0.05, 0) is 67.6 Å². The van der Waals surface area contributed by atoms with Gasteiger partial charge in [0.05, 0.1) is 0 Å². The Labute approximate surface area is 147 Å². The summed E-state index contributed by atoms with van der Waals surface area (Å²) in [5.41, 5.74) is 15.9. The van der Waals surface area contributed by atoms with Crippen molar-refractivity contribution >= 4 is 11.2 Å². The fourth-order valence-corrected chi connectivity index (χ4v) is 3.23. The molecule has 0 N–H and O–H groups in total. The smallest absolute Gasteiger partial charge is 0.165 e. The normalized spacial score (nSPS) is 10.9. The monoisotopic (exact) mass is 334 g/mol. The highest BCUT2D eigenvalue weighted by Gasteiger charge is 2.15. The summed E-state index contributed by atoms with van der Waals surface area (Å²) in [4.78, 5) is 12.4. The Balaban J connectivity index is 2.12. The summed E-state index contributed by atoms with van der Waals surface area (Å²) in [6, 6.07) is 8.43. The number of pyridine rings is 1.